The molecule has 2 aromatic rings. The predicted octanol–water partition coefficient (Wildman–Crippen LogP) is 3.57. The molecular weight excluding hydrogens is 332 g/mol. The van der Waals surface area contributed by atoms with E-state index in [-0.39, 0.29) is 12.4 Å². The Hall–Kier alpha value is -2.82. The Balaban J connectivity index is 1.68. The van der Waals surface area contributed by atoms with Crippen LogP contribution in [0.5, 0.6) is 11.5 Å². The maximum Gasteiger partial charge on any atom is 0.351 e. The van der Waals surface area contributed by atoms with Crippen molar-refractivity contribution in [3.8, 4) is 11.5 Å². The standard InChI is InChI=1S/C21H22O5/c1-12-9-14(3)16(10-13(12)2)20(22)15(4)25-21(23)19-11-24-17-7-5-6-8-18(17)26-19/h5-10,15,19H,11H2,1-4H3. The number of ether oxygens (including phenoxy) is 3. The van der Waals surface area contributed by atoms with Gasteiger partial charge < -0.3 is 14.2 Å². The number of fused-ring (bicyclic) bond motifs is 1. The summed E-state index contributed by atoms with van der Waals surface area (Å²) in [7, 11) is 0. The Kier molecular flexibility index (Phi) is 4.98. The van der Waals surface area contributed by atoms with Gasteiger partial charge in [0.05, 0.1) is 0 Å². The molecule has 26 heavy (non-hydrogen) atoms. The zero-order valence-corrected chi connectivity index (χ0v) is 15.4. The molecule has 0 fully saturated rings. The summed E-state index contributed by atoms with van der Waals surface area (Å²) >= 11 is 0. The van der Waals surface area contributed by atoms with E-state index in [2.05, 4.69) is 0 Å². The number of carbonyl (C=O) groups excluding carboxylic acids is 2. The molecular formula is C21H22O5. The summed E-state index contributed by atoms with van der Waals surface area (Å²) in [6.45, 7) is 7.46. The highest BCUT2D eigenvalue weighted by atomic mass is 16.6. The van der Waals surface area contributed by atoms with E-state index in [1.165, 1.54) is 0 Å². The average Bonchev–Trinajstić information content (AvgIpc) is 2.63. The number of carbonyl (C=O) groups is 2. The normalized spacial score (nSPS) is 16.7. The second-order valence-electron chi connectivity index (χ2n) is 6.56. The first-order chi connectivity index (χ1) is 12.4. The first-order valence-corrected chi connectivity index (χ1v) is 8.58. The fourth-order valence-electron chi connectivity index (χ4n) is 2.88. The summed E-state index contributed by atoms with van der Waals surface area (Å²) in [6, 6.07) is 10.9. The smallest absolute Gasteiger partial charge is 0.351 e. The predicted molar refractivity (Wildman–Crippen MR) is 96.9 cm³/mol. The quantitative estimate of drug-likeness (QED) is 0.620. The number of esters is 1. The fraction of sp³-hybridized carbons (Fsp3) is 0.333. The van der Waals surface area contributed by atoms with E-state index in [4.69, 9.17) is 14.2 Å². The van der Waals surface area contributed by atoms with E-state index >= 15 is 0 Å². The molecule has 5 nitrogen and oxygen atoms in total. The summed E-state index contributed by atoms with van der Waals surface area (Å²) in [6.07, 6.45) is -1.79. The summed E-state index contributed by atoms with van der Waals surface area (Å²) in [4.78, 5) is 25.1. The number of hydrogen-bond donors (Lipinski definition) is 0. The minimum absolute atomic E-state index is 0.0550. The van der Waals surface area contributed by atoms with Gasteiger partial charge in [-0.25, -0.2) is 4.79 Å². The number of para-hydroxylation sites is 2. The molecule has 1 aliphatic rings. The van der Waals surface area contributed by atoms with Gasteiger partial charge in [0.1, 0.15) is 6.61 Å². The Labute approximate surface area is 152 Å². The van der Waals surface area contributed by atoms with Crippen molar-refractivity contribution in [1.29, 1.82) is 0 Å². The maximum absolute atomic E-state index is 12.7. The Bertz CT molecular complexity index is 855. The second-order valence-corrected chi connectivity index (χ2v) is 6.56. The molecule has 1 aliphatic heterocycles. The molecule has 0 amide bonds. The van der Waals surface area contributed by atoms with Gasteiger partial charge in [0, 0.05) is 5.56 Å². The lowest BCUT2D eigenvalue weighted by atomic mass is 9.96. The van der Waals surface area contributed by atoms with Gasteiger partial charge in [-0.3, -0.25) is 4.79 Å². The van der Waals surface area contributed by atoms with Gasteiger partial charge >= 0.3 is 5.97 Å². The van der Waals surface area contributed by atoms with E-state index in [0.29, 0.717) is 17.1 Å². The number of aryl methyl sites for hydroxylation is 3. The van der Waals surface area contributed by atoms with E-state index in [0.717, 1.165) is 16.7 Å². The van der Waals surface area contributed by atoms with Gasteiger partial charge in [-0.1, -0.05) is 18.2 Å². The van der Waals surface area contributed by atoms with Gasteiger partial charge in [0.15, 0.2) is 17.6 Å². The molecule has 0 bridgehead atoms. The van der Waals surface area contributed by atoms with Crippen LogP contribution in [0.4, 0.5) is 0 Å². The second kappa shape index (κ2) is 7.20. The minimum Gasteiger partial charge on any atom is -0.485 e. The molecule has 0 saturated heterocycles. The molecule has 0 radical (unpaired) electrons. The Morgan fingerprint density at radius 3 is 2.42 bits per heavy atom. The van der Waals surface area contributed by atoms with Crippen LogP contribution in [0.1, 0.15) is 34.0 Å². The lowest BCUT2D eigenvalue weighted by Gasteiger charge is -2.26. The third-order valence-corrected chi connectivity index (χ3v) is 4.54. The van der Waals surface area contributed by atoms with Crippen molar-refractivity contribution < 1.29 is 23.8 Å². The lowest BCUT2D eigenvalue weighted by molar-refractivity contribution is -0.157. The van der Waals surface area contributed by atoms with Crippen LogP contribution >= 0.6 is 0 Å². The van der Waals surface area contributed by atoms with Crippen LogP contribution < -0.4 is 9.47 Å². The third-order valence-electron chi connectivity index (χ3n) is 4.54. The highest BCUT2D eigenvalue weighted by Crippen LogP contribution is 2.31. The molecule has 0 N–H and O–H groups in total. The van der Waals surface area contributed by atoms with Crippen molar-refractivity contribution >= 4 is 11.8 Å². The van der Waals surface area contributed by atoms with Crippen LogP contribution in [0.25, 0.3) is 0 Å². The lowest BCUT2D eigenvalue weighted by Crippen LogP contribution is -2.40. The van der Waals surface area contributed by atoms with Crippen LogP contribution in [0.15, 0.2) is 36.4 Å². The zero-order valence-electron chi connectivity index (χ0n) is 15.4. The number of rotatable bonds is 4. The van der Waals surface area contributed by atoms with E-state index in [1.807, 2.05) is 39.0 Å². The summed E-state index contributed by atoms with van der Waals surface area (Å²) in [5, 5.41) is 0. The van der Waals surface area contributed by atoms with Gasteiger partial charge in [-0.15, -0.1) is 0 Å². The third kappa shape index (κ3) is 3.57. The molecule has 3 rings (SSSR count). The molecule has 1 heterocycles. The van der Waals surface area contributed by atoms with Crippen molar-refractivity contribution in [2.75, 3.05) is 6.61 Å². The molecule has 0 spiro atoms. The molecule has 0 aromatic heterocycles. The molecule has 5 heteroatoms. The van der Waals surface area contributed by atoms with Gasteiger partial charge in [0.2, 0.25) is 11.9 Å². The number of benzene rings is 2. The topological polar surface area (TPSA) is 61.8 Å². The monoisotopic (exact) mass is 354 g/mol. The van der Waals surface area contributed by atoms with Gasteiger partial charge in [-0.2, -0.15) is 0 Å². The van der Waals surface area contributed by atoms with E-state index in [1.54, 1.807) is 25.1 Å². The largest absolute Gasteiger partial charge is 0.485 e. The van der Waals surface area contributed by atoms with Crippen LogP contribution in [0, 0.1) is 20.8 Å². The highest BCUT2D eigenvalue weighted by molar-refractivity contribution is 6.01. The summed E-state index contributed by atoms with van der Waals surface area (Å²) in [5.41, 5.74) is 3.58. The Morgan fingerprint density at radius 1 is 1.04 bits per heavy atom. The van der Waals surface area contributed by atoms with Crippen LogP contribution in [0.3, 0.4) is 0 Å². The molecule has 136 valence electrons. The number of Topliss-reactive ketones (excluding diaryl/α,β-unsaturated/α-hetero) is 1. The van der Waals surface area contributed by atoms with Gasteiger partial charge in [-0.05, 0) is 62.6 Å². The number of hydrogen-bond acceptors (Lipinski definition) is 5. The zero-order chi connectivity index (χ0) is 18.8. The summed E-state index contributed by atoms with van der Waals surface area (Å²) < 4.78 is 16.5. The van der Waals surface area contributed by atoms with Gasteiger partial charge in [0.25, 0.3) is 0 Å². The molecule has 2 aromatic carbocycles. The van der Waals surface area contributed by atoms with Crippen molar-refractivity contribution in [2.24, 2.45) is 0 Å². The van der Waals surface area contributed by atoms with Crippen LogP contribution in [-0.4, -0.2) is 30.6 Å². The van der Waals surface area contributed by atoms with Crippen LogP contribution in [0.2, 0.25) is 0 Å². The van der Waals surface area contributed by atoms with Crippen molar-refractivity contribution in [3.63, 3.8) is 0 Å². The molecule has 2 unspecified atom stereocenters. The average molecular weight is 354 g/mol. The van der Waals surface area contributed by atoms with E-state index < -0.39 is 18.2 Å². The molecule has 0 aliphatic carbocycles. The van der Waals surface area contributed by atoms with Crippen molar-refractivity contribution in [3.05, 3.63) is 58.7 Å². The Morgan fingerprint density at radius 2 is 1.69 bits per heavy atom. The fourth-order valence-corrected chi connectivity index (χ4v) is 2.88. The molecule has 0 saturated carbocycles. The van der Waals surface area contributed by atoms with Crippen molar-refractivity contribution in [1.82, 2.24) is 0 Å². The highest BCUT2D eigenvalue weighted by Gasteiger charge is 2.31. The number of ketones is 1. The maximum atomic E-state index is 12.7. The minimum atomic E-state index is -0.899. The first kappa shape index (κ1) is 18.0. The SMILES string of the molecule is Cc1cc(C)c(C(=O)C(C)OC(=O)C2COc3ccccc3O2)cc1C. The van der Waals surface area contributed by atoms with Crippen LogP contribution in [-0.2, 0) is 9.53 Å². The molecule has 2 atom stereocenters. The first-order valence-electron chi connectivity index (χ1n) is 8.58. The summed E-state index contributed by atoms with van der Waals surface area (Å²) in [5.74, 6) is 0.244. The van der Waals surface area contributed by atoms with Crippen molar-refractivity contribution in [2.45, 2.75) is 39.9 Å². The van der Waals surface area contributed by atoms with E-state index in [9.17, 15) is 9.59 Å².